The van der Waals surface area contributed by atoms with Gasteiger partial charge < -0.3 is 20.7 Å². The van der Waals surface area contributed by atoms with Gasteiger partial charge in [0.05, 0.1) is 24.9 Å². The van der Waals surface area contributed by atoms with E-state index in [9.17, 15) is 22.4 Å². The summed E-state index contributed by atoms with van der Waals surface area (Å²) in [6, 6.07) is 14.1. The summed E-state index contributed by atoms with van der Waals surface area (Å²) in [5, 5.41) is 8.94. The molecule has 9 nitrogen and oxygen atoms in total. The number of nitrogens with one attached hydrogen (secondary N) is 3. The zero-order valence-corrected chi connectivity index (χ0v) is 26.6. The molecule has 0 fully saturated rings. The van der Waals surface area contributed by atoms with Gasteiger partial charge in [0.25, 0.3) is 0 Å². The van der Waals surface area contributed by atoms with E-state index in [0.717, 1.165) is 11.1 Å². The zero-order chi connectivity index (χ0) is 31.5. The molecule has 0 bridgehead atoms. The molecule has 42 heavy (non-hydrogen) atoms. The van der Waals surface area contributed by atoms with Crippen LogP contribution in [0.4, 0.5) is 4.39 Å². The van der Waals surface area contributed by atoms with Crippen molar-refractivity contribution >= 4 is 21.8 Å². The van der Waals surface area contributed by atoms with Gasteiger partial charge in [-0.1, -0.05) is 77.1 Å². The van der Waals surface area contributed by atoms with Crippen molar-refractivity contribution < 1.29 is 27.1 Å². The minimum absolute atomic E-state index is 0.0378. The van der Waals surface area contributed by atoms with Crippen LogP contribution >= 0.6 is 0 Å². The number of hydrogen-bond acceptors (Lipinski definition) is 6. The largest absolute Gasteiger partial charge is 0.378 e. The van der Waals surface area contributed by atoms with E-state index in [1.54, 1.807) is 12.1 Å². The van der Waals surface area contributed by atoms with Crippen molar-refractivity contribution in [3.63, 3.8) is 0 Å². The van der Waals surface area contributed by atoms with Crippen LogP contribution in [0.15, 0.2) is 54.6 Å². The molecule has 0 aliphatic heterocycles. The van der Waals surface area contributed by atoms with E-state index in [0.29, 0.717) is 19.5 Å². The van der Waals surface area contributed by atoms with Gasteiger partial charge in [0.15, 0.2) is 0 Å². The third-order valence-electron chi connectivity index (χ3n) is 6.76. The van der Waals surface area contributed by atoms with Crippen molar-refractivity contribution in [1.29, 1.82) is 0 Å². The molecule has 0 aliphatic carbocycles. The Balaban J connectivity index is 2.22. The van der Waals surface area contributed by atoms with E-state index in [4.69, 9.17) is 4.74 Å². The third-order valence-corrected chi connectivity index (χ3v) is 8.00. The molecule has 0 unspecified atom stereocenters. The first-order valence-corrected chi connectivity index (χ1v) is 16.0. The highest BCUT2D eigenvalue weighted by Gasteiger charge is 2.36. The lowest BCUT2D eigenvalue weighted by molar-refractivity contribution is -0.132. The number of ether oxygens (including phenoxy) is 1. The number of methoxy groups -OCH3 is 1. The Bertz CT molecular complexity index is 1230. The van der Waals surface area contributed by atoms with Gasteiger partial charge in [-0.05, 0) is 41.0 Å². The van der Waals surface area contributed by atoms with Crippen LogP contribution in [0.5, 0.6) is 0 Å². The monoisotopic (exact) mass is 606 g/mol. The molecule has 2 aromatic rings. The first-order chi connectivity index (χ1) is 19.6. The molecule has 2 rings (SSSR count). The average molecular weight is 607 g/mol. The van der Waals surface area contributed by atoms with Gasteiger partial charge in [-0.25, -0.2) is 12.8 Å². The molecule has 2 aromatic carbocycles. The standard InChI is InChI=1S/C31H47FN4O5S/c1-22(2)20-36(42(7,39)40)21-27(41-6)26(17-23-11-9-8-10-12-23)34-30(38)29(31(3,4)5)35-28(37)19-33-18-24-13-15-25(32)16-14-24/h8-16,22,26-27,29,33H,17-21H2,1-7H3,(H,34,38)(H,35,37)/t26-,27+,29+/m0/s1. The van der Waals surface area contributed by atoms with Gasteiger partial charge in [-0.15, -0.1) is 0 Å². The predicted molar refractivity (Wildman–Crippen MR) is 164 cm³/mol. The molecule has 11 heteroatoms. The Kier molecular flexibility index (Phi) is 13.6. The highest BCUT2D eigenvalue weighted by atomic mass is 32.2. The third kappa shape index (κ3) is 12.2. The molecule has 0 spiro atoms. The van der Waals surface area contributed by atoms with Gasteiger partial charge in [0, 0.05) is 26.7 Å². The van der Waals surface area contributed by atoms with Crippen molar-refractivity contribution in [2.24, 2.45) is 11.3 Å². The number of carbonyl (C=O) groups excluding carboxylic acids is 2. The highest BCUT2D eigenvalue weighted by Crippen LogP contribution is 2.21. The minimum atomic E-state index is -3.53. The van der Waals surface area contributed by atoms with Crippen LogP contribution in [-0.4, -0.2) is 75.7 Å². The Morgan fingerprint density at radius 1 is 0.952 bits per heavy atom. The van der Waals surface area contributed by atoms with Crippen molar-refractivity contribution in [2.45, 2.75) is 65.8 Å². The lowest BCUT2D eigenvalue weighted by Crippen LogP contribution is -2.59. The van der Waals surface area contributed by atoms with E-state index >= 15 is 0 Å². The van der Waals surface area contributed by atoms with Crippen molar-refractivity contribution in [1.82, 2.24) is 20.3 Å². The summed E-state index contributed by atoms with van der Waals surface area (Å²) in [6.07, 6.45) is 0.910. The number of benzene rings is 2. The highest BCUT2D eigenvalue weighted by molar-refractivity contribution is 7.88. The maximum atomic E-state index is 13.8. The average Bonchev–Trinajstić information content (AvgIpc) is 2.89. The summed E-state index contributed by atoms with van der Waals surface area (Å²) < 4.78 is 45.5. The molecule has 0 aromatic heterocycles. The molecule has 0 saturated carbocycles. The van der Waals surface area contributed by atoms with Crippen LogP contribution in [0.1, 0.15) is 45.7 Å². The Labute approximate surface area is 250 Å². The van der Waals surface area contributed by atoms with E-state index in [2.05, 4.69) is 16.0 Å². The van der Waals surface area contributed by atoms with E-state index in [1.165, 1.54) is 29.8 Å². The Morgan fingerprint density at radius 2 is 1.57 bits per heavy atom. The fourth-order valence-electron chi connectivity index (χ4n) is 4.54. The molecular weight excluding hydrogens is 559 g/mol. The number of halogens is 1. The van der Waals surface area contributed by atoms with Gasteiger partial charge in [0.2, 0.25) is 21.8 Å². The second-order valence-electron chi connectivity index (χ2n) is 12.1. The van der Waals surface area contributed by atoms with E-state index < -0.39 is 39.5 Å². The van der Waals surface area contributed by atoms with Crippen LogP contribution < -0.4 is 16.0 Å². The second-order valence-corrected chi connectivity index (χ2v) is 14.1. The molecule has 0 heterocycles. The maximum absolute atomic E-state index is 13.8. The lowest BCUT2D eigenvalue weighted by Gasteiger charge is -2.35. The second kappa shape index (κ2) is 16.1. The number of sulfonamides is 1. The summed E-state index contributed by atoms with van der Waals surface area (Å²) in [5.41, 5.74) is 1.14. The summed E-state index contributed by atoms with van der Waals surface area (Å²) in [5.74, 6) is -1.00. The SMILES string of the molecule is CO[C@H](CN(CC(C)C)S(C)(=O)=O)[C@H](Cc1ccccc1)NC(=O)[C@@H](NC(=O)CNCc1ccc(F)cc1)C(C)(C)C. The summed E-state index contributed by atoms with van der Waals surface area (Å²) in [4.78, 5) is 26.6. The molecule has 0 aliphatic rings. The molecule has 0 saturated heterocycles. The first-order valence-electron chi connectivity index (χ1n) is 14.2. The molecule has 3 atom stereocenters. The van der Waals surface area contributed by atoms with Crippen LogP contribution in [0.2, 0.25) is 0 Å². The predicted octanol–water partition coefficient (Wildman–Crippen LogP) is 3.11. The van der Waals surface area contributed by atoms with Crippen molar-refractivity contribution in [3.05, 3.63) is 71.5 Å². The van der Waals surface area contributed by atoms with Crippen LogP contribution in [0.3, 0.4) is 0 Å². The lowest BCUT2D eigenvalue weighted by atomic mass is 9.85. The normalized spacial score (nSPS) is 14.4. The molecule has 234 valence electrons. The van der Waals surface area contributed by atoms with E-state index in [-0.39, 0.29) is 30.7 Å². The first kappa shape index (κ1) is 35.3. The molecule has 0 radical (unpaired) electrons. The Hall–Kier alpha value is -2.86. The summed E-state index contributed by atoms with van der Waals surface area (Å²) >= 11 is 0. The van der Waals surface area contributed by atoms with Gasteiger partial charge >= 0.3 is 0 Å². The van der Waals surface area contributed by atoms with Gasteiger partial charge in [0.1, 0.15) is 11.9 Å². The molecular formula is C31H47FN4O5S. The van der Waals surface area contributed by atoms with Crippen molar-refractivity contribution in [3.8, 4) is 0 Å². The number of amides is 2. The van der Waals surface area contributed by atoms with Crippen molar-refractivity contribution in [2.75, 3.05) is 33.0 Å². The Morgan fingerprint density at radius 3 is 2.10 bits per heavy atom. The number of rotatable bonds is 16. The molecule has 3 N–H and O–H groups in total. The van der Waals surface area contributed by atoms with Gasteiger partial charge in [-0.2, -0.15) is 4.31 Å². The topological polar surface area (TPSA) is 117 Å². The summed E-state index contributed by atoms with van der Waals surface area (Å²) in [7, 11) is -2.03. The fraction of sp³-hybridized carbons (Fsp3) is 0.548. The molecule has 2 amide bonds. The van der Waals surface area contributed by atoms with Crippen LogP contribution in [0, 0.1) is 17.2 Å². The smallest absolute Gasteiger partial charge is 0.243 e. The number of hydrogen-bond donors (Lipinski definition) is 3. The number of nitrogens with zero attached hydrogens (tertiary/aromatic N) is 1. The van der Waals surface area contributed by atoms with E-state index in [1.807, 2.05) is 65.0 Å². The quantitative estimate of drug-likeness (QED) is 0.271. The van der Waals surface area contributed by atoms with Crippen LogP contribution in [0.25, 0.3) is 0 Å². The maximum Gasteiger partial charge on any atom is 0.243 e. The fourth-order valence-corrected chi connectivity index (χ4v) is 5.53. The van der Waals surface area contributed by atoms with Gasteiger partial charge in [-0.3, -0.25) is 9.59 Å². The number of carbonyl (C=O) groups is 2. The summed E-state index contributed by atoms with van der Waals surface area (Å²) in [6.45, 7) is 10.2. The van der Waals surface area contributed by atoms with Crippen LogP contribution in [-0.2, 0) is 37.3 Å². The minimum Gasteiger partial charge on any atom is -0.378 e. The zero-order valence-electron chi connectivity index (χ0n) is 25.8.